The van der Waals surface area contributed by atoms with Crippen LogP contribution in [0.3, 0.4) is 0 Å². The second-order valence-electron chi connectivity index (χ2n) is 13.1. The van der Waals surface area contributed by atoms with Gasteiger partial charge in [-0.3, -0.25) is 0 Å². The molecule has 0 spiro atoms. The summed E-state index contributed by atoms with van der Waals surface area (Å²) in [6.07, 6.45) is 7.98. The van der Waals surface area contributed by atoms with Crippen molar-refractivity contribution in [3.63, 3.8) is 0 Å². The molecule has 50 heavy (non-hydrogen) atoms. The summed E-state index contributed by atoms with van der Waals surface area (Å²) in [6.45, 7) is 2.14. The van der Waals surface area contributed by atoms with Gasteiger partial charge in [-0.25, -0.2) is 9.97 Å². The average molecular weight is 642 g/mol. The van der Waals surface area contributed by atoms with E-state index in [-0.39, 0.29) is 5.92 Å². The van der Waals surface area contributed by atoms with E-state index in [9.17, 15) is 0 Å². The number of allylic oxidation sites excluding steroid dienone is 4. The highest BCUT2D eigenvalue weighted by atomic mass is 15.0. The molecule has 2 heterocycles. The third-order valence-electron chi connectivity index (χ3n) is 9.81. The first-order chi connectivity index (χ1) is 24.7. The number of fused-ring (bicyclic) bond motifs is 3. The summed E-state index contributed by atoms with van der Waals surface area (Å²) in [5.41, 5.74) is 13.6. The molecule has 8 aromatic rings. The molecule has 0 bridgehead atoms. The highest BCUT2D eigenvalue weighted by Gasteiger charge is 2.19. The van der Waals surface area contributed by atoms with Crippen LogP contribution in [-0.4, -0.2) is 14.5 Å². The van der Waals surface area contributed by atoms with Crippen LogP contribution in [0.2, 0.25) is 0 Å². The Morgan fingerprint density at radius 3 is 1.74 bits per heavy atom. The van der Waals surface area contributed by atoms with Crippen LogP contribution in [0, 0.1) is 6.92 Å². The Morgan fingerprint density at radius 2 is 1.10 bits per heavy atom. The summed E-state index contributed by atoms with van der Waals surface area (Å²) >= 11 is 0. The SMILES string of the molecule is Cc1ccc(-c2cc(-c3cc(-c4ccccc4)nc(-c4ccccc4)n3)cc(C3C=CC(n4c5ccccc5c5ccccc54)=CC3)c2)cc1. The lowest BCUT2D eigenvalue weighted by Gasteiger charge is -2.20. The molecule has 1 aliphatic carbocycles. The maximum atomic E-state index is 5.19. The number of rotatable bonds is 6. The summed E-state index contributed by atoms with van der Waals surface area (Å²) in [7, 11) is 0. The predicted molar refractivity (Wildman–Crippen MR) is 209 cm³/mol. The number of hydrogen-bond donors (Lipinski definition) is 0. The van der Waals surface area contributed by atoms with E-state index in [1.807, 2.05) is 24.3 Å². The molecule has 2 aromatic heterocycles. The number of nitrogens with zero attached hydrogens (tertiary/aromatic N) is 3. The van der Waals surface area contributed by atoms with Gasteiger partial charge in [-0.15, -0.1) is 0 Å². The molecular formula is C47H35N3. The molecule has 6 aromatic carbocycles. The van der Waals surface area contributed by atoms with Crippen LogP contribution in [0.15, 0.2) is 176 Å². The second kappa shape index (κ2) is 12.6. The van der Waals surface area contributed by atoms with Gasteiger partial charge in [0.1, 0.15) is 0 Å². The Kier molecular flexibility index (Phi) is 7.51. The van der Waals surface area contributed by atoms with Crippen molar-refractivity contribution in [3.05, 3.63) is 187 Å². The van der Waals surface area contributed by atoms with Crippen molar-refractivity contribution in [2.24, 2.45) is 0 Å². The lowest BCUT2D eigenvalue weighted by Crippen LogP contribution is -2.04. The molecule has 238 valence electrons. The maximum absolute atomic E-state index is 5.19. The van der Waals surface area contributed by atoms with Crippen LogP contribution in [-0.2, 0) is 0 Å². The number of aryl methyl sites for hydroxylation is 1. The van der Waals surface area contributed by atoms with Crippen molar-refractivity contribution >= 4 is 27.5 Å². The third kappa shape index (κ3) is 5.53. The standard InChI is InChI=1S/C47H35N3/c1-32-20-22-33(23-21-32)37-28-38(34-24-26-40(27-25-34)50-45-18-10-8-16-41(45)42-17-9-11-19-46(42)50)30-39(29-37)44-31-43(35-12-4-2-5-13-35)48-47(49-44)36-14-6-3-7-15-36/h2-24,26-31,34H,25H2,1H3. The zero-order chi connectivity index (χ0) is 33.4. The molecule has 0 fully saturated rings. The van der Waals surface area contributed by atoms with E-state index in [4.69, 9.17) is 9.97 Å². The first-order valence-electron chi connectivity index (χ1n) is 17.3. The fourth-order valence-corrected chi connectivity index (χ4v) is 7.22. The van der Waals surface area contributed by atoms with Gasteiger partial charge >= 0.3 is 0 Å². The fraction of sp³-hybridized carbons (Fsp3) is 0.0638. The van der Waals surface area contributed by atoms with Gasteiger partial charge in [0.15, 0.2) is 5.82 Å². The van der Waals surface area contributed by atoms with Crippen LogP contribution in [0.25, 0.3) is 72.5 Å². The van der Waals surface area contributed by atoms with Gasteiger partial charge in [0.2, 0.25) is 0 Å². The van der Waals surface area contributed by atoms with Gasteiger partial charge < -0.3 is 4.57 Å². The molecule has 3 heteroatoms. The zero-order valence-electron chi connectivity index (χ0n) is 27.9. The Hall–Kier alpha value is -6.32. The Balaban J connectivity index is 1.16. The largest absolute Gasteiger partial charge is 0.310 e. The van der Waals surface area contributed by atoms with Gasteiger partial charge in [-0.1, -0.05) is 145 Å². The van der Waals surface area contributed by atoms with Crippen LogP contribution < -0.4 is 0 Å². The lowest BCUT2D eigenvalue weighted by molar-refractivity contribution is 0.850. The summed E-state index contributed by atoms with van der Waals surface area (Å²) in [5, 5.41) is 2.56. The number of para-hydroxylation sites is 2. The highest BCUT2D eigenvalue weighted by Crippen LogP contribution is 2.38. The van der Waals surface area contributed by atoms with E-state index in [0.717, 1.165) is 40.3 Å². The van der Waals surface area contributed by atoms with Crippen molar-refractivity contribution < 1.29 is 0 Å². The molecule has 0 amide bonds. The first kappa shape index (κ1) is 29.8. The van der Waals surface area contributed by atoms with Gasteiger partial charge in [0.25, 0.3) is 0 Å². The maximum Gasteiger partial charge on any atom is 0.160 e. The molecule has 3 nitrogen and oxygen atoms in total. The summed E-state index contributed by atoms with van der Waals surface area (Å²) in [6, 6.07) is 56.0. The third-order valence-corrected chi connectivity index (χ3v) is 9.81. The minimum absolute atomic E-state index is 0.222. The number of aromatic nitrogens is 3. The van der Waals surface area contributed by atoms with E-state index in [1.54, 1.807) is 0 Å². The zero-order valence-corrected chi connectivity index (χ0v) is 27.9. The lowest BCUT2D eigenvalue weighted by atomic mass is 9.87. The molecule has 9 rings (SSSR count). The van der Waals surface area contributed by atoms with Crippen molar-refractivity contribution in [1.82, 2.24) is 14.5 Å². The molecule has 0 radical (unpaired) electrons. The summed E-state index contributed by atoms with van der Waals surface area (Å²) in [4.78, 5) is 10.2. The Labute approximate surface area is 292 Å². The van der Waals surface area contributed by atoms with Gasteiger partial charge in [-0.05, 0) is 66.4 Å². The molecule has 1 aliphatic rings. The van der Waals surface area contributed by atoms with E-state index in [1.165, 1.54) is 49.8 Å². The normalized spacial score (nSPS) is 14.3. The monoisotopic (exact) mass is 641 g/mol. The Morgan fingerprint density at radius 1 is 0.520 bits per heavy atom. The van der Waals surface area contributed by atoms with Crippen LogP contribution >= 0.6 is 0 Å². The van der Waals surface area contributed by atoms with Crippen LogP contribution in [0.5, 0.6) is 0 Å². The molecule has 0 saturated heterocycles. The van der Waals surface area contributed by atoms with E-state index in [0.29, 0.717) is 0 Å². The van der Waals surface area contributed by atoms with Gasteiger partial charge in [0, 0.05) is 39.1 Å². The molecule has 0 saturated carbocycles. The average Bonchev–Trinajstić information content (AvgIpc) is 3.53. The fourth-order valence-electron chi connectivity index (χ4n) is 7.22. The first-order valence-corrected chi connectivity index (χ1v) is 17.3. The summed E-state index contributed by atoms with van der Waals surface area (Å²) in [5.74, 6) is 0.945. The van der Waals surface area contributed by atoms with Crippen molar-refractivity contribution in [1.29, 1.82) is 0 Å². The minimum atomic E-state index is 0.222. The van der Waals surface area contributed by atoms with Crippen LogP contribution in [0.1, 0.15) is 23.5 Å². The smallest absolute Gasteiger partial charge is 0.160 e. The van der Waals surface area contributed by atoms with Crippen LogP contribution in [0.4, 0.5) is 0 Å². The van der Waals surface area contributed by atoms with Gasteiger partial charge in [-0.2, -0.15) is 0 Å². The van der Waals surface area contributed by atoms with Crippen molar-refractivity contribution in [2.75, 3.05) is 0 Å². The quantitative estimate of drug-likeness (QED) is 0.181. The van der Waals surface area contributed by atoms with Crippen molar-refractivity contribution in [3.8, 4) is 45.0 Å². The predicted octanol–water partition coefficient (Wildman–Crippen LogP) is 12.1. The number of hydrogen-bond acceptors (Lipinski definition) is 2. The van der Waals surface area contributed by atoms with E-state index < -0.39 is 0 Å². The molecule has 0 aliphatic heterocycles. The molecule has 0 N–H and O–H groups in total. The molecular weight excluding hydrogens is 607 g/mol. The van der Waals surface area contributed by atoms with E-state index >= 15 is 0 Å². The van der Waals surface area contributed by atoms with Crippen molar-refractivity contribution in [2.45, 2.75) is 19.3 Å². The molecule has 1 unspecified atom stereocenters. The van der Waals surface area contributed by atoms with E-state index in [2.05, 4.69) is 163 Å². The van der Waals surface area contributed by atoms with Gasteiger partial charge in [0.05, 0.1) is 22.4 Å². The minimum Gasteiger partial charge on any atom is -0.310 e. The summed E-state index contributed by atoms with van der Waals surface area (Å²) < 4.78 is 2.41. The molecule has 1 atom stereocenters. The number of benzene rings is 6. The highest BCUT2D eigenvalue weighted by molar-refractivity contribution is 6.10. The topological polar surface area (TPSA) is 30.7 Å². The second-order valence-corrected chi connectivity index (χ2v) is 13.1. The Bertz CT molecular complexity index is 2450.